The highest BCUT2D eigenvalue weighted by Crippen LogP contribution is 2.37. The number of fused-ring (bicyclic) bond motifs is 2. The van der Waals surface area contributed by atoms with Gasteiger partial charge in [-0.25, -0.2) is 0 Å². The molecule has 15 aromatic rings. The van der Waals surface area contributed by atoms with E-state index in [4.69, 9.17) is 15.0 Å². The van der Waals surface area contributed by atoms with Crippen molar-refractivity contribution in [3.05, 3.63) is 398 Å². The van der Waals surface area contributed by atoms with E-state index in [0.717, 1.165) is 67.9 Å². The Morgan fingerprint density at radius 1 is 0.280 bits per heavy atom. The highest BCUT2D eigenvalue weighted by Gasteiger charge is 2.21. The van der Waals surface area contributed by atoms with Gasteiger partial charge in [-0.3, -0.25) is 15.0 Å². The van der Waals surface area contributed by atoms with Crippen LogP contribution in [0.1, 0.15) is 45.9 Å². The first-order valence-corrected chi connectivity index (χ1v) is 31.7. The smallest absolute Gasteiger partial charge is 0.0940 e. The van der Waals surface area contributed by atoms with Crippen molar-refractivity contribution in [2.45, 2.75) is 25.6 Å². The van der Waals surface area contributed by atoms with Crippen LogP contribution in [0.3, 0.4) is 0 Å². The summed E-state index contributed by atoms with van der Waals surface area (Å²) in [6.07, 6.45) is 0. The zero-order valence-corrected chi connectivity index (χ0v) is 51.8. The Hall–Kier alpha value is -12.0. The highest BCUT2D eigenvalue weighted by molar-refractivity contribution is 5.97. The number of anilines is 3. The molecular formula is C87H70N6. The van der Waals surface area contributed by atoms with Crippen molar-refractivity contribution >= 4 is 38.6 Å². The Kier molecular flexibility index (Phi) is 19.0. The van der Waals surface area contributed by atoms with Crippen LogP contribution in [0.4, 0.5) is 17.1 Å². The molecule has 6 nitrogen and oxygen atoms in total. The van der Waals surface area contributed by atoms with Crippen LogP contribution in [0, 0.1) is 6.92 Å². The second-order valence-corrected chi connectivity index (χ2v) is 22.8. The van der Waals surface area contributed by atoms with Crippen molar-refractivity contribution in [3.63, 3.8) is 0 Å². The van der Waals surface area contributed by atoms with E-state index in [9.17, 15) is 0 Å². The zero-order valence-electron chi connectivity index (χ0n) is 51.8. The average Bonchev–Trinajstić information content (AvgIpc) is 0.930. The van der Waals surface area contributed by atoms with Crippen LogP contribution in [-0.4, -0.2) is 15.0 Å². The van der Waals surface area contributed by atoms with Crippen molar-refractivity contribution in [3.8, 4) is 56.0 Å². The molecule has 0 saturated heterocycles. The fraction of sp³-hybridized carbons (Fsp3) is 0.0460. The molecule has 0 radical (unpaired) electrons. The van der Waals surface area contributed by atoms with Gasteiger partial charge >= 0.3 is 0 Å². The van der Waals surface area contributed by atoms with E-state index in [2.05, 4.69) is 332 Å². The van der Waals surface area contributed by atoms with Crippen molar-refractivity contribution in [2.24, 2.45) is 0 Å². The van der Waals surface area contributed by atoms with Crippen LogP contribution >= 0.6 is 0 Å². The third-order valence-electron chi connectivity index (χ3n) is 16.6. The van der Waals surface area contributed by atoms with Crippen LogP contribution in [0.2, 0.25) is 0 Å². The summed E-state index contributed by atoms with van der Waals surface area (Å²) in [5.74, 6) is 0. The molecule has 448 valence electrons. The lowest BCUT2D eigenvalue weighted by atomic mass is 9.98. The van der Waals surface area contributed by atoms with Crippen molar-refractivity contribution in [1.29, 1.82) is 0 Å². The molecule has 0 spiro atoms. The van der Waals surface area contributed by atoms with Crippen LogP contribution in [-0.2, 0) is 6.54 Å². The number of para-hydroxylation sites is 2. The number of hydrogen-bond donors (Lipinski definition) is 3. The Balaban J connectivity index is 0.000000128. The van der Waals surface area contributed by atoms with Crippen molar-refractivity contribution in [2.75, 3.05) is 16.0 Å². The van der Waals surface area contributed by atoms with Gasteiger partial charge in [0.1, 0.15) is 0 Å². The number of aromatic nitrogens is 3. The summed E-state index contributed by atoms with van der Waals surface area (Å²) < 4.78 is 0. The predicted molar refractivity (Wildman–Crippen MR) is 390 cm³/mol. The lowest BCUT2D eigenvalue weighted by Crippen LogP contribution is -2.15. The first-order valence-electron chi connectivity index (χ1n) is 31.7. The number of nitrogens with one attached hydrogen (secondary N) is 3. The van der Waals surface area contributed by atoms with E-state index in [1.165, 1.54) is 60.5 Å². The van der Waals surface area contributed by atoms with Gasteiger partial charge < -0.3 is 16.0 Å². The minimum absolute atomic E-state index is 0.0790. The van der Waals surface area contributed by atoms with E-state index >= 15 is 0 Å². The van der Waals surface area contributed by atoms with Gasteiger partial charge in [-0.1, -0.05) is 315 Å². The SMILES string of the molecule is Cc1ccc2ccccc2c1NC(c1ccccc1)c1cccc(-c2cccc3ccccc23)n1.c1ccc(-c2cccc(C(Nc3ccccc3-c3ccccc3)c3ccccc3)n2)cc1.c1ccc(-c2cccc(CNc3ccccc3-c3ccccc3)n2)cc1. The molecule has 0 aliphatic rings. The van der Waals surface area contributed by atoms with Crippen molar-refractivity contribution in [1.82, 2.24) is 15.0 Å². The molecule has 3 heterocycles. The fourth-order valence-corrected chi connectivity index (χ4v) is 11.9. The third kappa shape index (κ3) is 14.7. The molecule has 2 atom stereocenters. The van der Waals surface area contributed by atoms with Crippen LogP contribution in [0.15, 0.2) is 364 Å². The largest absolute Gasteiger partial charge is 0.379 e. The maximum absolute atomic E-state index is 5.21. The first kappa shape index (κ1) is 59.9. The molecule has 2 unspecified atom stereocenters. The summed E-state index contributed by atoms with van der Waals surface area (Å²) in [5.41, 5.74) is 21.1. The molecule has 6 heteroatoms. The Morgan fingerprint density at radius 3 is 1.27 bits per heavy atom. The molecule has 0 bridgehead atoms. The molecule has 0 aliphatic carbocycles. The molecule has 0 fully saturated rings. The summed E-state index contributed by atoms with van der Waals surface area (Å²) in [6.45, 7) is 2.85. The number of nitrogens with zero attached hydrogens (tertiary/aromatic N) is 3. The van der Waals surface area contributed by atoms with Gasteiger partial charge in [-0.15, -0.1) is 0 Å². The Bertz CT molecular complexity index is 4870. The maximum atomic E-state index is 5.21. The molecule has 0 amide bonds. The van der Waals surface area contributed by atoms with Gasteiger partial charge in [0, 0.05) is 50.3 Å². The topological polar surface area (TPSA) is 74.8 Å². The van der Waals surface area contributed by atoms with Gasteiger partial charge in [0.2, 0.25) is 0 Å². The highest BCUT2D eigenvalue weighted by atomic mass is 15.0. The van der Waals surface area contributed by atoms with Crippen LogP contribution in [0.5, 0.6) is 0 Å². The predicted octanol–water partition coefficient (Wildman–Crippen LogP) is 22.2. The number of rotatable bonds is 16. The monoisotopic (exact) mass is 1200 g/mol. The summed E-state index contributed by atoms with van der Waals surface area (Å²) >= 11 is 0. The number of hydrogen-bond acceptors (Lipinski definition) is 6. The number of pyridine rings is 3. The normalized spacial score (nSPS) is 11.5. The van der Waals surface area contributed by atoms with Crippen molar-refractivity contribution < 1.29 is 0 Å². The summed E-state index contributed by atoms with van der Waals surface area (Å²) in [7, 11) is 0. The molecule has 3 aromatic heterocycles. The molecule has 15 rings (SSSR count). The second kappa shape index (κ2) is 29.5. The van der Waals surface area contributed by atoms with Gasteiger partial charge in [0.05, 0.1) is 52.8 Å². The minimum Gasteiger partial charge on any atom is -0.379 e. The van der Waals surface area contributed by atoms with E-state index in [-0.39, 0.29) is 12.1 Å². The summed E-state index contributed by atoms with van der Waals surface area (Å²) in [6, 6.07) is 126. The van der Waals surface area contributed by atoms with Gasteiger partial charge in [-0.2, -0.15) is 0 Å². The lowest BCUT2D eigenvalue weighted by Gasteiger charge is -2.23. The number of benzene rings is 12. The Morgan fingerprint density at radius 2 is 0.677 bits per heavy atom. The Labute approximate surface area is 545 Å². The van der Waals surface area contributed by atoms with Gasteiger partial charge in [-0.05, 0) is 99.4 Å². The zero-order chi connectivity index (χ0) is 62.8. The molecule has 12 aromatic carbocycles. The van der Waals surface area contributed by atoms with E-state index in [1.807, 2.05) is 54.6 Å². The molecule has 93 heavy (non-hydrogen) atoms. The summed E-state index contributed by atoms with van der Waals surface area (Å²) in [5, 5.41) is 16.1. The van der Waals surface area contributed by atoms with E-state index < -0.39 is 0 Å². The number of aryl methyl sites for hydroxylation is 1. The van der Waals surface area contributed by atoms with E-state index in [1.54, 1.807) is 0 Å². The van der Waals surface area contributed by atoms with Gasteiger partial charge in [0.15, 0.2) is 0 Å². The average molecular weight is 1200 g/mol. The molecule has 0 saturated carbocycles. The molecule has 0 aliphatic heterocycles. The van der Waals surface area contributed by atoms with Crippen LogP contribution < -0.4 is 16.0 Å². The minimum atomic E-state index is -0.0874. The quantitative estimate of drug-likeness (QED) is 0.0895. The lowest BCUT2D eigenvalue weighted by molar-refractivity contribution is 0.889. The van der Waals surface area contributed by atoms with Gasteiger partial charge in [0.25, 0.3) is 0 Å². The molecule has 3 N–H and O–H groups in total. The third-order valence-corrected chi connectivity index (χ3v) is 16.6. The van der Waals surface area contributed by atoms with Crippen LogP contribution in [0.25, 0.3) is 77.6 Å². The molecular weight excluding hydrogens is 1130 g/mol. The summed E-state index contributed by atoms with van der Waals surface area (Å²) in [4.78, 5) is 15.1. The standard InChI is InChI=1S/C33H26N2.C30H24N2.C24H20N2/c1-23-21-22-25-12-6-8-17-28(25)32(23)35-33(26-13-3-2-4-14-26)31-20-10-19-30(34-31)29-18-9-15-24-11-5-7-16-27(24)29;1-4-13-23(14-5-1)26-19-10-11-20-28(26)32-30(25-17-8-3-9-18-25)29-22-12-21-27(31-29)24-15-6-2-7-16-24;1-3-10-19(11-4-1)22-15-7-8-16-24(22)25-18-21-14-9-17-23(26-21)20-12-5-2-6-13-20/h2-22,33,35H,1H3;1-22,30,32H;1-17,25H,18H2. The fourth-order valence-electron chi connectivity index (χ4n) is 11.9. The second-order valence-electron chi connectivity index (χ2n) is 22.8. The van der Waals surface area contributed by atoms with E-state index in [0.29, 0.717) is 6.54 Å². The maximum Gasteiger partial charge on any atom is 0.0940 e. The first-order chi connectivity index (χ1) is 46.1.